The van der Waals surface area contributed by atoms with Crippen molar-refractivity contribution in [1.82, 2.24) is 4.98 Å². The zero-order valence-corrected chi connectivity index (χ0v) is 12.4. The van der Waals surface area contributed by atoms with Crippen molar-refractivity contribution in [3.05, 3.63) is 23.4 Å². The largest absolute Gasteiger partial charge is 0.357 e. The predicted octanol–water partition coefficient (Wildman–Crippen LogP) is 3.12. The van der Waals surface area contributed by atoms with Gasteiger partial charge in [-0.3, -0.25) is 0 Å². The first-order valence-corrected chi connectivity index (χ1v) is 7.71. The second-order valence-electron chi connectivity index (χ2n) is 5.57. The molecule has 1 unspecified atom stereocenters. The van der Waals surface area contributed by atoms with Crippen molar-refractivity contribution >= 4 is 5.82 Å². The van der Waals surface area contributed by atoms with Crippen molar-refractivity contribution in [1.29, 1.82) is 0 Å². The molecule has 1 fully saturated rings. The van der Waals surface area contributed by atoms with Gasteiger partial charge in [0.1, 0.15) is 5.82 Å². The zero-order chi connectivity index (χ0) is 13.7. The number of aryl methyl sites for hydroxylation is 1. The van der Waals surface area contributed by atoms with E-state index in [-0.39, 0.29) is 0 Å². The van der Waals surface area contributed by atoms with Gasteiger partial charge in [0, 0.05) is 25.3 Å². The average Bonchev–Trinajstić information content (AvgIpc) is 2.72. The van der Waals surface area contributed by atoms with Gasteiger partial charge in [0.15, 0.2) is 0 Å². The normalized spacial score (nSPS) is 20.4. The molecule has 0 radical (unpaired) electrons. The third-order valence-electron chi connectivity index (χ3n) is 4.27. The maximum atomic E-state index is 5.80. The number of hydrogen-bond donors (Lipinski definition) is 1. The first kappa shape index (κ1) is 14.3. The first-order chi connectivity index (χ1) is 9.26. The molecule has 106 valence electrons. The molecule has 1 aromatic rings. The summed E-state index contributed by atoms with van der Waals surface area (Å²) in [6.45, 7) is 7.35. The molecule has 1 aliphatic rings. The van der Waals surface area contributed by atoms with E-state index in [2.05, 4.69) is 30.9 Å². The van der Waals surface area contributed by atoms with Gasteiger partial charge in [-0.25, -0.2) is 4.98 Å². The fraction of sp³-hybridized carbons (Fsp3) is 0.688. The van der Waals surface area contributed by atoms with Crippen LogP contribution in [0.5, 0.6) is 0 Å². The summed E-state index contributed by atoms with van der Waals surface area (Å²) < 4.78 is 0. The topological polar surface area (TPSA) is 42.1 Å². The van der Waals surface area contributed by atoms with Crippen molar-refractivity contribution in [3.63, 3.8) is 0 Å². The van der Waals surface area contributed by atoms with Crippen LogP contribution < -0.4 is 10.6 Å². The van der Waals surface area contributed by atoms with Crippen molar-refractivity contribution in [3.8, 4) is 0 Å². The van der Waals surface area contributed by atoms with E-state index >= 15 is 0 Å². The first-order valence-electron chi connectivity index (χ1n) is 7.71. The van der Waals surface area contributed by atoms with Crippen LogP contribution in [0, 0.1) is 5.92 Å². The molecule has 1 saturated heterocycles. The van der Waals surface area contributed by atoms with Crippen LogP contribution >= 0.6 is 0 Å². The SMILES string of the molecule is CCc1cc(CN)cc(N2CCCC(CC)CC2)n1. The lowest BCUT2D eigenvalue weighted by atomic mass is 9.98. The number of anilines is 1. The summed E-state index contributed by atoms with van der Waals surface area (Å²) in [5.41, 5.74) is 8.17. The quantitative estimate of drug-likeness (QED) is 0.905. The van der Waals surface area contributed by atoms with Crippen LogP contribution in [0.3, 0.4) is 0 Å². The molecule has 3 heteroatoms. The summed E-state index contributed by atoms with van der Waals surface area (Å²) in [5.74, 6) is 2.03. The summed E-state index contributed by atoms with van der Waals surface area (Å²) in [6, 6.07) is 4.31. The molecule has 1 aliphatic heterocycles. The highest BCUT2D eigenvalue weighted by molar-refractivity contribution is 5.43. The molecule has 0 aliphatic carbocycles. The summed E-state index contributed by atoms with van der Waals surface area (Å²) >= 11 is 0. The summed E-state index contributed by atoms with van der Waals surface area (Å²) in [5, 5.41) is 0. The van der Waals surface area contributed by atoms with Gasteiger partial charge in [0.25, 0.3) is 0 Å². The zero-order valence-electron chi connectivity index (χ0n) is 12.4. The fourth-order valence-electron chi connectivity index (χ4n) is 2.90. The number of pyridine rings is 1. The Kier molecular flexibility index (Phi) is 5.20. The van der Waals surface area contributed by atoms with E-state index in [9.17, 15) is 0 Å². The van der Waals surface area contributed by atoms with Crippen molar-refractivity contribution in [2.45, 2.75) is 52.5 Å². The molecular weight excluding hydrogens is 234 g/mol. The molecule has 3 nitrogen and oxygen atoms in total. The lowest BCUT2D eigenvalue weighted by molar-refractivity contribution is 0.459. The van der Waals surface area contributed by atoms with Crippen LogP contribution in [0.1, 0.15) is 50.8 Å². The minimum absolute atomic E-state index is 0.605. The standard InChI is InChI=1S/C16H27N3/c1-3-13-6-5-8-19(9-7-13)16-11-14(12-17)10-15(4-2)18-16/h10-11,13H,3-9,12,17H2,1-2H3. The van der Waals surface area contributed by atoms with Gasteiger partial charge in [-0.15, -0.1) is 0 Å². The molecule has 0 aromatic carbocycles. The van der Waals surface area contributed by atoms with E-state index in [4.69, 9.17) is 10.7 Å². The Morgan fingerprint density at radius 3 is 2.79 bits per heavy atom. The maximum Gasteiger partial charge on any atom is 0.129 e. The average molecular weight is 261 g/mol. The van der Waals surface area contributed by atoms with E-state index in [1.807, 2.05) is 0 Å². The molecule has 0 spiro atoms. The molecule has 0 saturated carbocycles. The van der Waals surface area contributed by atoms with Crippen LogP contribution in [0.25, 0.3) is 0 Å². The van der Waals surface area contributed by atoms with Crippen molar-refractivity contribution in [2.24, 2.45) is 11.7 Å². The third-order valence-corrected chi connectivity index (χ3v) is 4.27. The van der Waals surface area contributed by atoms with Crippen LogP contribution in [0.15, 0.2) is 12.1 Å². The van der Waals surface area contributed by atoms with Gasteiger partial charge in [-0.2, -0.15) is 0 Å². The highest BCUT2D eigenvalue weighted by Crippen LogP contribution is 2.24. The molecule has 2 heterocycles. The van der Waals surface area contributed by atoms with Gasteiger partial charge in [-0.1, -0.05) is 20.3 Å². The number of nitrogens with two attached hydrogens (primary N) is 1. The van der Waals surface area contributed by atoms with Gasteiger partial charge in [0.05, 0.1) is 0 Å². The predicted molar refractivity (Wildman–Crippen MR) is 81.4 cm³/mol. The third kappa shape index (κ3) is 3.69. The van der Waals surface area contributed by atoms with Crippen LogP contribution in [0.2, 0.25) is 0 Å². The van der Waals surface area contributed by atoms with Crippen LogP contribution in [-0.2, 0) is 13.0 Å². The number of hydrogen-bond acceptors (Lipinski definition) is 3. The second kappa shape index (κ2) is 6.90. The molecule has 1 aromatic heterocycles. The number of rotatable bonds is 4. The molecule has 2 rings (SSSR count). The minimum Gasteiger partial charge on any atom is -0.357 e. The van der Waals surface area contributed by atoms with Gasteiger partial charge >= 0.3 is 0 Å². The van der Waals surface area contributed by atoms with Crippen LogP contribution in [0.4, 0.5) is 5.82 Å². The maximum absolute atomic E-state index is 5.80. The fourth-order valence-corrected chi connectivity index (χ4v) is 2.90. The Bertz CT molecular complexity index is 381. The molecule has 1 atom stereocenters. The molecule has 0 bridgehead atoms. The Morgan fingerprint density at radius 1 is 1.26 bits per heavy atom. The highest BCUT2D eigenvalue weighted by atomic mass is 15.2. The number of nitrogens with zero attached hydrogens (tertiary/aromatic N) is 2. The monoisotopic (exact) mass is 261 g/mol. The Labute approximate surface area is 117 Å². The highest BCUT2D eigenvalue weighted by Gasteiger charge is 2.17. The summed E-state index contributed by atoms with van der Waals surface area (Å²) in [4.78, 5) is 7.24. The van der Waals surface area contributed by atoms with Gasteiger partial charge < -0.3 is 10.6 Å². The Balaban J connectivity index is 2.16. The van der Waals surface area contributed by atoms with Crippen molar-refractivity contribution in [2.75, 3.05) is 18.0 Å². The molecule has 0 amide bonds. The van der Waals surface area contributed by atoms with Crippen LogP contribution in [-0.4, -0.2) is 18.1 Å². The Hall–Kier alpha value is -1.09. The number of aromatic nitrogens is 1. The van der Waals surface area contributed by atoms with E-state index in [1.54, 1.807) is 0 Å². The summed E-state index contributed by atoms with van der Waals surface area (Å²) in [7, 11) is 0. The van der Waals surface area contributed by atoms with E-state index in [1.165, 1.54) is 31.2 Å². The lowest BCUT2D eigenvalue weighted by Gasteiger charge is -2.23. The second-order valence-corrected chi connectivity index (χ2v) is 5.57. The van der Waals surface area contributed by atoms with E-state index < -0.39 is 0 Å². The van der Waals surface area contributed by atoms with E-state index in [0.717, 1.165) is 36.9 Å². The van der Waals surface area contributed by atoms with Gasteiger partial charge in [0.2, 0.25) is 0 Å². The Morgan fingerprint density at radius 2 is 2.11 bits per heavy atom. The molecular formula is C16H27N3. The minimum atomic E-state index is 0.605. The smallest absolute Gasteiger partial charge is 0.129 e. The van der Waals surface area contributed by atoms with Gasteiger partial charge in [-0.05, 0) is 49.3 Å². The van der Waals surface area contributed by atoms with E-state index in [0.29, 0.717) is 6.54 Å². The van der Waals surface area contributed by atoms with Crippen molar-refractivity contribution < 1.29 is 0 Å². The molecule has 19 heavy (non-hydrogen) atoms. The summed E-state index contributed by atoms with van der Waals surface area (Å²) in [6.07, 6.45) is 6.24. The lowest BCUT2D eigenvalue weighted by Crippen LogP contribution is -2.25. The molecule has 2 N–H and O–H groups in total.